The molecule has 0 aliphatic rings. The van der Waals surface area contributed by atoms with Gasteiger partial charge in [0.05, 0.1) is 10.5 Å². The van der Waals surface area contributed by atoms with Gasteiger partial charge in [-0.25, -0.2) is 9.18 Å². The van der Waals surface area contributed by atoms with Crippen molar-refractivity contribution >= 4 is 17.6 Å². The highest BCUT2D eigenvalue weighted by molar-refractivity contribution is 5.97. The molecule has 1 atom stereocenters. The van der Waals surface area contributed by atoms with Gasteiger partial charge in [-0.05, 0) is 30.0 Å². The molecular formula is C22H25FN2O6. The van der Waals surface area contributed by atoms with Gasteiger partial charge in [-0.15, -0.1) is 0 Å². The molecule has 0 spiro atoms. The van der Waals surface area contributed by atoms with Crippen molar-refractivity contribution in [3.05, 3.63) is 69.5 Å². The fourth-order valence-electron chi connectivity index (χ4n) is 3.12. The summed E-state index contributed by atoms with van der Waals surface area (Å²) < 4.78 is 19.4. The average Bonchev–Trinajstić information content (AvgIpc) is 2.75. The van der Waals surface area contributed by atoms with Gasteiger partial charge in [0.25, 0.3) is 11.6 Å². The smallest absolute Gasteiger partial charge is 0.344 e. The van der Waals surface area contributed by atoms with Gasteiger partial charge < -0.3 is 15.2 Å². The zero-order valence-electron chi connectivity index (χ0n) is 17.3. The van der Waals surface area contributed by atoms with Crippen molar-refractivity contribution in [2.45, 2.75) is 45.8 Å². The Labute approximate surface area is 179 Å². The standard InChI is InChI=1S/C22H25FN2O6/c1-3-14(4-2)11-20(22(27)28)31-19-12-16(23)8-9-18(19)21(26)24-13-15-6-5-7-17(10-15)25(29)30/h5-10,12,14,20H,3-4,11,13H2,1-2H3,(H,24,26)(H,27,28). The molecule has 0 radical (unpaired) electrons. The van der Waals surface area contributed by atoms with Gasteiger partial charge in [-0.2, -0.15) is 0 Å². The first kappa shape index (κ1) is 23.8. The second-order valence-corrected chi connectivity index (χ2v) is 7.11. The number of nitro benzene ring substituents is 1. The van der Waals surface area contributed by atoms with Crippen LogP contribution in [0.1, 0.15) is 49.0 Å². The molecule has 0 saturated carbocycles. The lowest BCUT2D eigenvalue weighted by atomic mass is 9.96. The monoisotopic (exact) mass is 432 g/mol. The highest BCUT2D eigenvalue weighted by Gasteiger charge is 2.25. The maximum Gasteiger partial charge on any atom is 0.344 e. The van der Waals surface area contributed by atoms with E-state index in [1.807, 2.05) is 13.8 Å². The summed E-state index contributed by atoms with van der Waals surface area (Å²) in [7, 11) is 0. The number of ether oxygens (including phenoxy) is 1. The summed E-state index contributed by atoms with van der Waals surface area (Å²) in [5, 5.41) is 23.0. The molecular weight excluding hydrogens is 407 g/mol. The van der Waals surface area contributed by atoms with E-state index in [0.29, 0.717) is 5.56 Å². The molecule has 0 aliphatic heterocycles. The summed E-state index contributed by atoms with van der Waals surface area (Å²) in [4.78, 5) is 34.7. The molecule has 0 bridgehead atoms. The minimum Gasteiger partial charge on any atom is -0.479 e. The molecule has 0 aliphatic carbocycles. The lowest BCUT2D eigenvalue weighted by Crippen LogP contribution is -2.31. The molecule has 2 aromatic rings. The Balaban J connectivity index is 2.19. The van der Waals surface area contributed by atoms with Crippen LogP contribution in [-0.4, -0.2) is 28.0 Å². The Hall–Kier alpha value is -3.49. The third-order valence-electron chi connectivity index (χ3n) is 5.01. The minimum absolute atomic E-state index is 0.00652. The second-order valence-electron chi connectivity index (χ2n) is 7.11. The molecule has 2 N–H and O–H groups in total. The first-order chi connectivity index (χ1) is 14.7. The normalized spacial score (nSPS) is 11.7. The summed E-state index contributed by atoms with van der Waals surface area (Å²) in [6, 6.07) is 9.05. The number of hydrogen-bond donors (Lipinski definition) is 2. The van der Waals surface area contributed by atoms with Crippen LogP contribution in [0.2, 0.25) is 0 Å². The number of carboxylic acids is 1. The van der Waals surface area contributed by atoms with Crippen LogP contribution in [0.5, 0.6) is 5.75 Å². The van der Waals surface area contributed by atoms with Crippen LogP contribution in [0.4, 0.5) is 10.1 Å². The molecule has 0 aromatic heterocycles. The first-order valence-electron chi connectivity index (χ1n) is 9.95. The second kappa shape index (κ2) is 11.1. The number of nitrogens with one attached hydrogen (secondary N) is 1. The zero-order valence-corrected chi connectivity index (χ0v) is 17.3. The number of benzene rings is 2. The molecule has 166 valence electrons. The van der Waals surface area contributed by atoms with E-state index in [4.69, 9.17) is 4.74 Å². The Morgan fingerprint density at radius 2 is 1.90 bits per heavy atom. The van der Waals surface area contributed by atoms with Gasteiger partial charge in [-0.3, -0.25) is 14.9 Å². The molecule has 1 amide bonds. The quantitative estimate of drug-likeness (QED) is 0.403. The van der Waals surface area contributed by atoms with Crippen molar-refractivity contribution in [2.24, 2.45) is 5.92 Å². The van der Waals surface area contributed by atoms with Gasteiger partial charge in [0.1, 0.15) is 11.6 Å². The van der Waals surface area contributed by atoms with Crippen molar-refractivity contribution in [1.29, 1.82) is 0 Å². The predicted molar refractivity (Wildman–Crippen MR) is 111 cm³/mol. The molecule has 2 aromatic carbocycles. The van der Waals surface area contributed by atoms with E-state index < -0.39 is 28.7 Å². The van der Waals surface area contributed by atoms with Crippen molar-refractivity contribution in [2.75, 3.05) is 0 Å². The maximum absolute atomic E-state index is 13.8. The fraction of sp³-hybridized carbons (Fsp3) is 0.364. The van der Waals surface area contributed by atoms with Gasteiger partial charge in [0, 0.05) is 24.7 Å². The number of aliphatic carboxylic acids is 1. The van der Waals surface area contributed by atoms with E-state index in [0.717, 1.165) is 25.0 Å². The topological polar surface area (TPSA) is 119 Å². The van der Waals surface area contributed by atoms with Crippen LogP contribution in [0.25, 0.3) is 0 Å². The number of nitrogens with zero attached hydrogens (tertiary/aromatic N) is 1. The molecule has 8 nitrogen and oxygen atoms in total. The van der Waals surface area contributed by atoms with Crippen molar-refractivity contribution in [3.8, 4) is 5.75 Å². The van der Waals surface area contributed by atoms with Gasteiger partial charge in [0.15, 0.2) is 6.10 Å². The van der Waals surface area contributed by atoms with Crippen LogP contribution in [0.3, 0.4) is 0 Å². The number of rotatable bonds is 11. The molecule has 0 heterocycles. The lowest BCUT2D eigenvalue weighted by molar-refractivity contribution is -0.384. The predicted octanol–water partition coefficient (Wildman–Crippen LogP) is 4.32. The Morgan fingerprint density at radius 1 is 1.19 bits per heavy atom. The van der Waals surface area contributed by atoms with Crippen molar-refractivity contribution < 1.29 is 28.7 Å². The maximum atomic E-state index is 13.8. The van der Waals surface area contributed by atoms with E-state index in [9.17, 15) is 29.2 Å². The molecule has 0 fully saturated rings. The van der Waals surface area contributed by atoms with Gasteiger partial charge in [0.2, 0.25) is 0 Å². The fourth-order valence-corrected chi connectivity index (χ4v) is 3.12. The summed E-state index contributed by atoms with van der Waals surface area (Å²) in [6.07, 6.45) is 0.537. The Morgan fingerprint density at radius 3 is 2.52 bits per heavy atom. The Kier molecular flexibility index (Phi) is 8.48. The largest absolute Gasteiger partial charge is 0.479 e. The third kappa shape index (κ3) is 6.77. The van der Waals surface area contributed by atoms with Crippen LogP contribution in [-0.2, 0) is 11.3 Å². The number of carbonyl (C=O) groups is 2. The average molecular weight is 432 g/mol. The van der Waals surface area contributed by atoms with Gasteiger partial charge in [-0.1, -0.05) is 38.8 Å². The third-order valence-corrected chi connectivity index (χ3v) is 5.01. The summed E-state index contributed by atoms with van der Waals surface area (Å²) in [6.45, 7) is 3.89. The van der Waals surface area contributed by atoms with Crippen LogP contribution in [0.15, 0.2) is 42.5 Å². The van der Waals surface area contributed by atoms with Crippen LogP contribution >= 0.6 is 0 Å². The molecule has 9 heteroatoms. The van der Waals surface area contributed by atoms with E-state index in [1.54, 1.807) is 6.07 Å². The number of nitro groups is 1. The number of carbonyl (C=O) groups excluding carboxylic acids is 1. The summed E-state index contributed by atoms with van der Waals surface area (Å²) >= 11 is 0. The number of non-ortho nitro benzene ring substituents is 1. The van der Waals surface area contributed by atoms with Crippen LogP contribution < -0.4 is 10.1 Å². The number of carboxylic acid groups (broad SMARTS) is 1. The summed E-state index contributed by atoms with van der Waals surface area (Å²) in [5.41, 5.74) is 0.371. The lowest BCUT2D eigenvalue weighted by Gasteiger charge is -2.21. The number of amides is 1. The molecule has 0 saturated heterocycles. The number of hydrogen-bond acceptors (Lipinski definition) is 5. The van der Waals surface area contributed by atoms with Crippen molar-refractivity contribution in [1.82, 2.24) is 5.32 Å². The van der Waals surface area contributed by atoms with E-state index in [-0.39, 0.29) is 35.9 Å². The molecule has 2 rings (SSSR count). The van der Waals surface area contributed by atoms with Gasteiger partial charge >= 0.3 is 5.97 Å². The number of halogens is 1. The highest BCUT2D eigenvalue weighted by Crippen LogP contribution is 2.25. The van der Waals surface area contributed by atoms with E-state index >= 15 is 0 Å². The minimum atomic E-state index is -1.23. The van der Waals surface area contributed by atoms with Crippen LogP contribution in [0, 0.1) is 21.8 Å². The summed E-state index contributed by atoms with van der Waals surface area (Å²) in [5.74, 6) is -2.54. The zero-order chi connectivity index (χ0) is 23.0. The van der Waals surface area contributed by atoms with E-state index in [1.165, 1.54) is 24.3 Å². The molecule has 1 unspecified atom stereocenters. The first-order valence-corrected chi connectivity index (χ1v) is 9.95. The highest BCUT2D eigenvalue weighted by atomic mass is 19.1. The SMILES string of the molecule is CCC(CC)CC(Oc1cc(F)ccc1C(=O)NCc1cccc([N+](=O)[O-])c1)C(=O)O. The van der Waals surface area contributed by atoms with E-state index in [2.05, 4.69) is 5.32 Å². The molecule has 31 heavy (non-hydrogen) atoms. The Bertz CT molecular complexity index is 945. The van der Waals surface area contributed by atoms with Crippen molar-refractivity contribution in [3.63, 3.8) is 0 Å².